The van der Waals surface area contributed by atoms with E-state index in [0.29, 0.717) is 5.75 Å². The Morgan fingerprint density at radius 3 is 3.12 bits per heavy atom. The Hall–Kier alpha value is -0.320. The van der Waals surface area contributed by atoms with Crippen LogP contribution >= 0.6 is 35.1 Å². The maximum Gasteiger partial charge on any atom is 0.233 e. The Balaban J connectivity index is 2.16. The summed E-state index contributed by atoms with van der Waals surface area (Å²) in [6.07, 6.45) is 2.06. The number of nitrogens with zero attached hydrogens (tertiary/aromatic N) is 1. The molecule has 1 heterocycles. The van der Waals surface area contributed by atoms with Crippen LogP contribution in [0.2, 0.25) is 5.02 Å². The third-order valence-electron chi connectivity index (χ3n) is 2.64. The molecule has 0 radical (unpaired) electrons. The molecule has 5 heteroatoms. The molecule has 92 valence electrons. The topological polar surface area (TPSA) is 20.3 Å². The molecule has 0 spiro atoms. The highest BCUT2D eigenvalue weighted by Gasteiger charge is 2.32. The molecule has 1 unspecified atom stereocenters. The molecule has 1 atom stereocenters. The highest BCUT2D eigenvalue weighted by molar-refractivity contribution is 8.00. The molecule has 17 heavy (non-hydrogen) atoms. The summed E-state index contributed by atoms with van der Waals surface area (Å²) < 4.78 is 0. The molecule has 1 aliphatic rings. The molecule has 0 saturated carbocycles. The van der Waals surface area contributed by atoms with Gasteiger partial charge in [0, 0.05) is 17.3 Å². The minimum atomic E-state index is 0.133. The smallest absolute Gasteiger partial charge is 0.233 e. The van der Waals surface area contributed by atoms with Crippen LogP contribution in [0.25, 0.3) is 0 Å². The first-order valence-corrected chi connectivity index (χ1v) is 8.20. The lowest BCUT2D eigenvalue weighted by Gasteiger charge is -2.24. The first-order valence-electron chi connectivity index (χ1n) is 5.38. The third-order valence-corrected chi connectivity index (χ3v) is 4.72. The van der Waals surface area contributed by atoms with Crippen LogP contribution in [0, 0.1) is 0 Å². The van der Waals surface area contributed by atoms with Crippen LogP contribution in [-0.4, -0.2) is 35.1 Å². The predicted octanol–water partition coefficient (Wildman–Crippen LogP) is 3.28. The summed E-state index contributed by atoms with van der Waals surface area (Å²) in [4.78, 5) is 13.8. The molecule has 0 N–H and O–H groups in total. The number of benzene rings is 1. The Kier molecular flexibility index (Phi) is 4.65. The number of hydrogen-bond donors (Lipinski definition) is 0. The minimum Gasteiger partial charge on any atom is -0.325 e. The lowest BCUT2D eigenvalue weighted by molar-refractivity contribution is -0.127. The van der Waals surface area contributed by atoms with Crippen molar-refractivity contribution in [2.45, 2.75) is 5.37 Å². The van der Waals surface area contributed by atoms with E-state index in [1.807, 2.05) is 29.2 Å². The first kappa shape index (κ1) is 13.1. The average Bonchev–Trinajstić information content (AvgIpc) is 2.68. The fourth-order valence-corrected chi connectivity index (χ4v) is 3.61. The molecule has 1 amide bonds. The summed E-state index contributed by atoms with van der Waals surface area (Å²) in [6, 6.07) is 7.78. The molecule has 2 rings (SSSR count). The fraction of sp³-hybridized carbons (Fsp3) is 0.417. The van der Waals surface area contributed by atoms with Crippen LogP contribution < -0.4 is 0 Å². The molecule has 0 aromatic heterocycles. The van der Waals surface area contributed by atoms with Crippen molar-refractivity contribution in [3.05, 3.63) is 34.9 Å². The van der Waals surface area contributed by atoms with Crippen LogP contribution in [0.15, 0.2) is 24.3 Å². The highest BCUT2D eigenvalue weighted by Crippen LogP contribution is 2.39. The van der Waals surface area contributed by atoms with Crippen LogP contribution in [0.5, 0.6) is 0 Å². The number of amides is 1. The van der Waals surface area contributed by atoms with Crippen LogP contribution in [0.3, 0.4) is 0 Å². The van der Waals surface area contributed by atoms with Crippen LogP contribution in [0.4, 0.5) is 0 Å². The van der Waals surface area contributed by atoms with Crippen LogP contribution in [0.1, 0.15) is 10.9 Å². The van der Waals surface area contributed by atoms with Crippen molar-refractivity contribution in [2.24, 2.45) is 0 Å². The van der Waals surface area contributed by atoms with Crippen molar-refractivity contribution >= 4 is 41.0 Å². The molecule has 1 aromatic carbocycles. The summed E-state index contributed by atoms with van der Waals surface area (Å²) in [7, 11) is 0. The number of halogens is 1. The van der Waals surface area contributed by atoms with E-state index in [4.69, 9.17) is 11.6 Å². The molecule has 0 aliphatic carbocycles. The summed E-state index contributed by atoms with van der Waals surface area (Å²) in [5.41, 5.74) is 1.12. The van der Waals surface area contributed by atoms with E-state index in [2.05, 4.69) is 6.26 Å². The maximum absolute atomic E-state index is 11.8. The molecule has 1 saturated heterocycles. The second-order valence-corrected chi connectivity index (χ2v) is 6.29. The fourth-order valence-electron chi connectivity index (χ4n) is 1.82. The molecule has 1 fully saturated rings. The predicted molar refractivity (Wildman–Crippen MR) is 76.7 cm³/mol. The maximum atomic E-state index is 11.8. The standard InChI is InChI=1S/C12H14ClNOS2/c1-16-6-5-14-11(15)8-17-12(14)9-3-2-4-10(13)7-9/h2-4,7,12H,5-6,8H2,1H3. The number of carbonyl (C=O) groups is 1. The second-order valence-electron chi connectivity index (χ2n) is 3.80. The van der Waals surface area contributed by atoms with Gasteiger partial charge >= 0.3 is 0 Å². The third kappa shape index (κ3) is 3.12. The van der Waals surface area contributed by atoms with Crippen LogP contribution in [-0.2, 0) is 4.79 Å². The summed E-state index contributed by atoms with van der Waals surface area (Å²) in [6.45, 7) is 0.810. The van der Waals surface area contributed by atoms with Crippen molar-refractivity contribution in [1.29, 1.82) is 0 Å². The Morgan fingerprint density at radius 1 is 1.59 bits per heavy atom. The van der Waals surface area contributed by atoms with E-state index in [0.717, 1.165) is 22.9 Å². The minimum absolute atomic E-state index is 0.133. The number of hydrogen-bond acceptors (Lipinski definition) is 3. The van der Waals surface area contributed by atoms with Gasteiger partial charge in [0.2, 0.25) is 5.91 Å². The van der Waals surface area contributed by atoms with E-state index in [9.17, 15) is 4.79 Å². The average molecular weight is 288 g/mol. The molecule has 0 bridgehead atoms. The highest BCUT2D eigenvalue weighted by atomic mass is 35.5. The van der Waals surface area contributed by atoms with Gasteiger partial charge in [-0.3, -0.25) is 4.79 Å². The van der Waals surface area contributed by atoms with E-state index in [1.165, 1.54) is 0 Å². The molecular weight excluding hydrogens is 274 g/mol. The molecule has 1 aliphatic heterocycles. The zero-order valence-electron chi connectivity index (χ0n) is 9.56. The van der Waals surface area contributed by atoms with Crippen molar-refractivity contribution in [3.8, 4) is 0 Å². The van der Waals surface area contributed by atoms with Gasteiger partial charge in [-0.2, -0.15) is 11.8 Å². The van der Waals surface area contributed by atoms with Gasteiger partial charge in [-0.05, 0) is 24.0 Å². The Bertz CT molecular complexity index is 413. The van der Waals surface area contributed by atoms with E-state index in [-0.39, 0.29) is 11.3 Å². The lowest BCUT2D eigenvalue weighted by atomic mass is 10.2. The van der Waals surface area contributed by atoms with Gasteiger partial charge in [0.05, 0.1) is 5.75 Å². The van der Waals surface area contributed by atoms with Gasteiger partial charge in [-0.1, -0.05) is 23.7 Å². The van der Waals surface area contributed by atoms with Gasteiger partial charge in [-0.15, -0.1) is 11.8 Å². The quantitative estimate of drug-likeness (QED) is 0.848. The largest absolute Gasteiger partial charge is 0.325 e. The summed E-state index contributed by atoms with van der Waals surface area (Å²) in [5.74, 6) is 1.78. The van der Waals surface area contributed by atoms with Crippen molar-refractivity contribution in [2.75, 3.05) is 24.3 Å². The Labute approximate surface area is 115 Å². The summed E-state index contributed by atoms with van der Waals surface area (Å²) in [5, 5.41) is 0.862. The monoisotopic (exact) mass is 287 g/mol. The van der Waals surface area contributed by atoms with E-state index >= 15 is 0 Å². The number of rotatable bonds is 4. The van der Waals surface area contributed by atoms with Gasteiger partial charge in [0.25, 0.3) is 0 Å². The molecule has 1 aromatic rings. The molecular formula is C12H14ClNOS2. The van der Waals surface area contributed by atoms with E-state index < -0.39 is 0 Å². The van der Waals surface area contributed by atoms with Gasteiger partial charge in [0.15, 0.2) is 0 Å². The number of carbonyl (C=O) groups excluding carboxylic acids is 1. The van der Waals surface area contributed by atoms with Crippen molar-refractivity contribution in [1.82, 2.24) is 4.90 Å². The zero-order valence-corrected chi connectivity index (χ0v) is 11.9. The zero-order chi connectivity index (χ0) is 12.3. The van der Waals surface area contributed by atoms with Gasteiger partial charge in [0.1, 0.15) is 5.37 Å². The Morgan fingerprint density at radius 2 is 2.41 bits per heavy atom. The first-order chi connectivity index (χ1) is 8.22. The van der Waals surface area contributed by atoms with Crippen molar-refractivity contribution in [3.63, 3.8) is 0 Å². The van der Waals surface area contributed by atoms with Gasteiger partial charge < -0.3 is 4.90 Å². The lowest BCUT2D eigenvalue weighted by Crippen LogP contribution is -2.30. The summed E-state index contributed by atoms with van der Waals surface area (Å²) >= 11 is 9.44. The number of thioether (sulfide) groups is 2. The molecule has 2 nitrogen and oxygen atoms in total. The normalized spacial score (nSPS) is 20.0. The SMILES string of the molecule is CSCCN1C(=O)CSC1c1cccc(Cl)c1. The van der Waals surface area contributed by atoms with E-state index in [1.54, 1.807) is 23.5 Å². The van der Waals surface area contributed by atoms with Crippen molar-refractivity contribution < 1.29 is 4.79 Å². The van der Waals surface area contributed by atoms with Gasteiger partial charge in [-0.25, -0.2) is 0 Å². The second kappa shape index (κ2) is 6.03.